The SMILES string of the molecule is Cc1cc(Br)c(N)cc1S(=O)(=O)N1CCCCC1CCO. The van der Waals surface area contributed by atoms with Crippen molar-refractivity contribution in [3.8, 4) is 0 Å². The van der Waals surface area contributed by atoms with Crippen LogP contribution in [0.25, 0.3) is 0 Å². The predicted octanol–water partition coefficient (Wildman–Crippen LogP) is 2.27. The first-order chi connectivity index (χ1) is 9.87. The lowest BCUT2D eigenvalue weighted by molar-refractivity contribution is 0.192. The number of rotatable bonds is 4. The molecule has 0 spiro atoms. The van der Waals surface area contributed by atoms with Crippen LogP contribution in [0.15, 0.2) is 21.5 Å². The van der Waals surface area contributed by atoms with Gasteiger partial charge in [-0.25, -0.2) is 8.42 Å². The lowest BCUT2D eigenvalue weighted by Gasteiger charge is -2.34. The van der Waals surface area contributed by atoms with E-state index in [0.29, 0.717) is 28.7 Å². The van der Waals surface area contributed by atoms with Gasteiger partial charge in [0, 0.05) is 29.4 Å². The monoisotopic (exact) mass is 376 g/mol. The molecule has 1 aromatic carbocycles. The van der Waals surface area contributed by atoms with Crippen LogP contribution >= 0.6 is 15.9 Å². The van der Waals surface area contributed by atoms with Crippen LogP contribution < -0.4 is 5.73 Å². The summed E-state index contributed by atoms with van der Waals surface area (Å²) in [6, 6.07) is 3.12. The molecule has 3 N–H and O–H groups in total. The van der Waals surface area contributed by atoms with Crippen molar-refractivity contribution >= 4 is 31.6 Å². The first-order valence-corrected chi connectivity index (χ1v) is 9.29. The average molecular weight is 377 g/mol. The maximum atomic E-state index is 12.9. The Morgan fingerprint density at radius 3 is 2.81 bits per heavy atom. The molecule has 7 heteroatoms. The van der Waals surface area contributed by atoms with Crippen LogP contribution in [0.1, 0.15) is 31.2 Å². The van der Waals surface area contributed by atoms with E-state index >= 15 is 0 Å². The molecule has 1 aliphatic rings. The number of piperidine rings is 1. The summed E-state index contributed by atoms with van der Waals surface area (Å²) in [6.07, 6.45) is 3.12. The number of hydrogen-bond donors (Lipinski definition) is 2. The van der Waals surface area contributed by atoms with E-state index in [-0.39, 0.29) is 17.5 Å². The standard InChI is InChI=1S/C14H21BrN2O3S/c1-10-8-12(15)13(16)9-14(10)21(19,20)17-6-3-2-4-11(17)5-7-18/h8-9,11,18H,2-7,16H2,1H3. The van der Waals surface area contributed by atoms with Crippen molar-refractivity contribution in [1.29, 1.82) is 0 Å². The summed E-state index contributed by atoms with van der Waals surface area (Å²) in [5.41, 5.74) is 6.92. The number of aliphatic hydroxyl groups is 1. The van der Waals surface area contributed by atoms with E-state index in [4.69, 9.17) is 10.8 Å². The number of nitrogens with two attached hydrogens (primary N) is 1. The second kappa shape index (κ2) is 6.64. The molecule has 118 valence electrons. The Labute approximate surface area is 134 Å². The molecular weight excluding hydrogens is 356 g/mol. The molecule has 1 unspecified atom stereocenters. The highest BCUT2D eigenvalue weighted by Crippen LogP contribution is 2.32. The summed E-state index contributed by atoms with van der Waals surface area (Å²) in [6.45, 7) is 2.27. The first-order valence-electron chi connectivity index (χ1n) is 7.06. The van der Waals surface area contributed by atoms with Gasteiger partial charge in [0.05, 0.1) is 4.90 Å². The zero-order valence-electron chi connectivity index (χ0n) is 12.0. The summed E-state index contributed by atoms with van der Waals surface area (Å²) in [5, 5.41) is 9.16. The molecule has 0 saturated carbocycles. The molecule has 1 saturated heterocycles. The number of benzene rings is 1. The van der Waals surface area contributed by atoms with Gasteiger partial charge in [-0.05, 0) is 59.8 Å². The summed E-state index contributed by atoms with van der Waals surface area (Å²) in [5.74, 6) is 0. The van der Waals surface area contributed by atoms with E-state index in [1.54, 1.807) is 13.0 Å². The van der Waals surface area contributed by atoms with Gasteiger partial charge < -0.3 is 10.8 Å². The van der Waals surface area contributed by atoms with Crippen molar-refractivity contribution in [2.24, 2.45) is 0 Å². The molecule has 0 bridgehead atoms. The van der Waals surface area contributed by atoms with E-state index in [2.05, 4.69) is 15.9 Å². The van der Waals surface area contributed by atoms with Crippen LogP contribution in [0.5, 0.6) is 0 Å². The third-order valence-corrected chi connectivity index (χ3v) is 6.70. The predicted molar refractivity (Wildman–Crippen MR) is 86.5 cm³/mol. The minimum absolute atomic E-state index is 0.00184. The normalized spacial score (nSPS) is 20.6. The van der Waals surface area contributed by atoms with E-state index in [0.717, 1.165) is 19.3 Å². The van der Waals surface area contributed by atoms with Gasteiger partial charge in [-0.1, -0.05) is 6.42 Å². The van der Waals surface area contributed by atoms with Crippen molar-refractivity contribution in [3.63, 3.8) is 0 Å². The number of aliphatic hydroxyl groups excluding tert-OH is 1. The molecule has 2 rings (SSSR count). The van der Waals surface area contributed by atoms with Crippen molar-refractivity contribution in [1.82, 2.24) is 4.31 Å². The highest BCUT2D eigenvalue weighted by molar-refractivity contribution is 9.10. The quantitative estimate of drug-likeness (QED) is 0.789. The molecule has 0 amide bonds. The topological polar surface area (TPSA) is 83.6 Å². The van der Waals surface area contributed by atoms with Crippen LogP contribution in [-0.2, 0) is 10.0 Å². The largest absolute Gasteiger partial charge is 0.398 e. The van der Waals surface area contributed by atoms with E-state index in [9.17, 15) is 8.42 Å². The molecule has 1 heterocycles. The fraction of sp³-hybridized carbons (Fsp3) is 0.571. The lowest BCUT2D eigenvalue weighted by atomic mass is 10.0. The molecule has 0 aliphatic carbocycles. The van der Waals surface area contributed by atoms with Crippen LogP contribution in [0.3, 0.4) is 0 Å². The van der Waals surface area contributed by atoms with Gasteiger partial charge in [0.15, 0.2) is 0 Å². The molecule has 0 aromatic heterocycles. The Bertz CT molecular complexity index is 617. The van der Waals surface area contributed by atoms with E-state index < -0.39 is 10.0 Å². The number of anilines is 1. The Balaban J connectivity index is 2.43. The average Bonchev–Trinajstić information content (AvgIpc) is 2.43. The number of nitrogen functional groups attached to an aromatic ring is 1. The van der Waals surface area contributed by atoms with Gasteiger partial charge in [-0.3, -0.25) is 0 Å². The minimum atomic E-state index is -3.58. The molecule has 1 atom stereocenters. The number of aryl methyl sites for hydroxylation is 1. The van der Waals surface area contributed by atoms with E-state index in [1.165, 1.54) is 10.4 Å². The van der Waals surface area contributed by atoms with Gasteiger partial charge >= 0.3 is 0 Å². The highest BCUT2D eigenvalue weighted by atomic mass is 79.9. The van der Waals surface area contributed by atoms with Crippen LogP contribution in [0.2, 0.25) is 0 Å². The first kappa shape index (κ1) is 16.7. The molecule has 21 heavy (non-hydrogen) atoms. The summed E-state index contributed by atoms with van der Waals surface area (Å²) >= 11 is 3.31. The zero-order chi connectivity index (χ0) is 15.6. The summed E-state index contributed by atoms with van der Waals surface area (Å²) < 4.78 is 28.1. The molecule has 1 aliphatic heterocycles. The molecule has 1 aromatic rings. The van der Waals surface area contributed by atoms with Gasteiger partial charge in [-0.2, -0.15) is 4.31 Å². The second-order valence-electron chi connectivity index (χ2n) is 5.42. The van der Waals surface area contributed by atoms with Crippen molar-refractivity contribution in [2.75, 3.05) is 18.9 Å². The van der Waals surface area contributed by atoms with Crippen LogP contribution in [0, 0.1) is 6.92 Å². The Kier molecular flexibility index (Phi) is 5.29. The lowest BCUT2D eigenvalue weighted by Crippen LogP contribution is -2.44. The number of hydrogen-bond acceptors (Lipinski definition) is 4. The minimum Gasteiger partial charge on any atom is -0.398 e. The highest BCUT2D eigenvalue weighted by Gasteiger charge is 2.34. The molecule has 1 fully saturated rings. The Morgan fingerprint density at radius 2 is 2.14 bits per heavy atom. The van der Waals surface area contributed by atoms with Crippen molar-refractivity contribution in [3.05, 3.63) is 22.2 Å². The third-order valence-electron chi connectivity index (χ3n) is 3.92. The van der Waals surface area contributed by atoms with Crippen molar-refractivity contribution < 1.29 is 13.5 Å². The second-order valence-corrected chi connectivity index (χ2v) is 8.13. The zero-order valence-corrected chi connectivity index (χ0v) is 14.5. The van der Waals surface area contributed by atoms with Gasteiger partial charge in [0.1, 0.15) is 0 Å². The van der Waals surface area contributed by atoms with Crippen LogP contribution in [-0.4, -0.2) is 37.0 Å². The van der Waals surface area contributed by atoms with Gasteiger partial charge in [-0.15, -0.1) is 0 Å². The summed E-state index contributed by atoms with van der Waals surface area (Å²) in [7, 11) is -3.58. The van der Waals surface area contributed by atoms with Crippen molar-refractivity contribution in [2.45, 2.75) is 43.5 Å². The fourth-order valence-corrected chi connectivity index (χ4v) is 5.23. The van der Waals surface area contributed by atoms with Gasteiger partial charge in [0.2, 0.25) is 10.0 Å². The van der Waals surface area contributed by atoms with Crippen LogP contribution in [0.4, 0.5) is 5.69 Å². The van der Waals surface area contributed by atoms with E-state index in [1.807, 2.05) is 0 Å². The number of sulfonamides is 1. The third kappa shape index (κ3) is 3.41. The smallest absolute Gasteiger partial charge is 0.243 e. The maximum absolute atomic E-state index is 12.9. The molecule has 5 nitrogen and oxygen atoms in total. The Morgan fingerprint density at radius 1 is 1.43 bits per heavy atom. The summed E-state index contributed by atoms with van der Waals surface area (Å²) in [4.78, 5) is 0.257. The fourth-order valence-electron chi connectivity index (χ4n) is 2.80. The number of halogens is 1. The van der Waals surface area contributed by atoms with Gasteiger partial charge in [0.25, 0.3) is 0 Å². The maximum Gasteiger partial charge on any atom is 0.243 e. The Hall–Kier alpha value is -0.630. The molecule has 0 radical (unpaired) electrons. The number of nitrogens with zero attached hydrogens (tertiary/aromatic N) is 1. The molecular formula is C14H21BrN2O3S.